The molecule has 0 aliphatic carbocycles. The van der Waals surface area contributed by atoms with Crippen molar-refractivity contribution in [1.29, 1.82) is 0 Å². The van der Waals surface area contributed by atoms with Gasteiger partial charge < -0.3 is 20.1 Å². The number of carbonyl (C=O) groups excluding carboxylic acids is 3. The number of aromatic nitrogens is 1. The SMILES string of the molecule is Cc1cc(NC(=O)CN(C)C(=O)CNC(=O)c2cccs2)no1. The van der Waals surface area contributed by atoms with Gasteiger partial charge in [0.25, 0.3) is 5.91 Å². The van der Waals surface area contributed by atoms with Crippen molar-refractivity contribution in [3.8, 4) is 0 Å². The summed E-state index contributed by atoms with van der Waals surface area (Å²) >= 11 is 1.29. The summed E-state index contributed by atoms with van der Waals surface area (Å²) in [7, 11) is 1.48. The van der Waals surface area contributed by atoms with Gasteiger partial charge in [0.05, 0.1) is 18.0 Å². The largest absolute Gasteiger partial charge is 0.360 e. The summed E-state index contributed by atoms with van der Waals surface area (Å²) in [5, 5.41) is 10.4. The number of nitrogens with one attached hydrogen (secondary N) is 2. The molecule has 2 heterocycles. The molecule has 2 aromatic heterocycles. The fourth-order valence-corrected chi connectivity index (χ4v) is 2.34. The Hall–Kier alpha value is -2.68. The summed E-state index contributed by atoms with van der Waals surface area (Å²) < 4.78 is 4.83. The van der Waals surface area contributed by atoms with Crippen LogP contribution in [0.2, 0.25) is 0 Å². The lowest BCUT2D eigenvalue weighted by atomic mass is 10.4. The van der Waals surface area contributed by atoms with Crippen LogP contribution in [0.4, 0.5) is 5.82 Å². The van der Waals surface area contributed by atoms with E-state index < -0.39 is 5.91 Å². The summed E-state index contributed by atoms with van der Waals surface area (Å²) in [4.78, 5) is 37.2. The third-order valence-electron chi connectivity index (χ3n) is 2.85. The monoisotopic (exact) mass is 336 g/mol. The lowest BCUT2D eigenvalue weighted by Crippen LogP contribution is -2.41. The van der Waals surface area contributed by atoms with Crippen molar-refractivity contribution in [3.63, 3.8) is 0 Å². The molecule has 0 atom stereocenters. The fourth-order valence-electron chi connectivity index (χ4n) is 1.70. The molecule has 122 valence electrons. The molecule has 0 aliphatic rings. The Labute approximate surface area is 136 Å². The third-order valence-corrected chi connectivity index (χ3v) is 3.72. The Morgan fingerprint density at radius 2 is 2.17 bits per heavy atom. The van der Waals surface area contributed by atoms with Gasteiger partial charge in [0, 0.05) is 13.1 Å². The highest BCUT2D eigenvalue weighted by Crippen LogP contribution is 2.08. The lowest BCUT2D eigenvalue weighted by Gasteiger charge is -2.16. The molecule has 8 nitrogen and oxygen atoms in total. The molecule has 0 aromatic carbocycles. The summed E-state index contributed by atoms with van der Waals surface area (Å²) in [5.74, 6) is -0.232. The number of amides is 3. The van der Waals surface area contributed by atoms with Crippen LogP contribution in [-0.4, -0.2) is 47.9 Å². The highest BCUT2D eigenvalue weighted by molar-refractivity contribution is 7.12. The second-order valence-electron chi connectivity index (χ2n) is 4.78. The highest BCUT2D eigenvalue weighted by Gasteiger charge is 2.15. The van der Waals surface area contributed by atoms with E-state index in [0.717, 1.165) is 0 Å². The minimum absolute atomic E-state index is 0.153. The molecule has 0 fully saturated rings. The first kappa shape index (κ1) is 16.7. The number of rotatable bonds is 6. The number of likely N-dealkylation sites (N-methyl/N-ethyl adjacent to an activating group) is 1. The van der Waals surface area contributed by atoms with E-state index >= 15 is 0 Å². The molecular weight excluding hydrogens is 320 g/mol. The van der Waals surface area contributed by atoms with Crippen molar-refractivity contribution in [2.75, 3.05) is 25.5 Å². The Morgan fingerprint density at radius 1 is 1.39 bits per heavy atom. The first-order valence-corrected chi connectivity index (χ1v) is 7.62. The van der Waals surface area contributed by atoms with Crippen LogP contribution in [0.15, 0.2) is 28.1 Å². The molecule has 0 radical (unpaired) electrons. The fraction of sp³-hybridized carbons (Fsp3) is 0.286. The van der Waals surface area contributed by atoms with Crippen LogP contribution in [0, 0.1) is 6.92 Å². The normalized spacial score (nSPS) is 10.2. The Morgan fingerprint density at radius 3 is 2.78 bits per heavy atom. The minimum atomic E-state index is -0.404. The molecule has 23 heavy (non-hydrogen) atoms. The van der Waals surface area contributed by atoms with E-state index in [4.69, 9.17) is 4.52 Å². The Bertz CT molecular complexity index is 695. The van der Waals surface area contributed by atoms with Crippen molar-refractivity contribution >= 4 is 34.9 Å². The van der Waals surface area contributed by atoms with Crippen LogP contribution in [0.3, 0.4) is 0 Å². The molecule has 0 spiro atoms. The molecule has 2 N–H and O–H groups in total. The number of hydrogen-bond donors (Lipinski definition) is 2. The summed E-state index contributed by atoms with van der Waals surface area (Å²) in [6, 6.07) is 4.99. The molecule has 2 aromatic rings. The van der Waals surface area contributed by atoms with Gasteiger partial charge >= 0.3 is 0 Å². The number of hydrogen-bond acceptors (Lipinski definition) is 6. The van der Waals surface area contributed by atoms with Gasteiger partial charge in [-0.15, -0.1) is 11.3 Å². The van der Waals surface area contributed by atoms with Crippen molar-refractivity contribution in [1.82, 2.24) is 15.4 Å². The first-order chi connectivity index (χ1) is 11.0. The summed E-state index contributed by atoms with van der Waals surface area (Å²) in [5.41, 5.74) is 0. The maximum absolute atomic E-state index is 11.9. The molecule has 0 aliphatic heterocycles. The van der Waals surface area contributed by atoms with E-state index in [1.165, 1.54) is 23.3 Å². The second kappa shape index (κ2) is 7.54. The summed E-state index contributed by atoms with van der Waals surface area (Å²) in [6.45, 7) is 1.37. The quantitative estimate of drug-likeness (QED) is 0.814. The second-order valence-corrected chi connectivity index (χ2v) is 5.73. The van der Waals surface area contributed by atoms with E-state index in [-0.39, 0.29) is 24.9 Å². The van der Waals surface area contributed by atoms with Gasteiger partial charge in [-0.2, -0.15) is 0 Å². The third kappa shape index (κ3) is 4.92. The number of nitrogens with zero attached hydrogens (tertiary/aromatic N) is 2. The van der Waals surface area contributed by atoms with Gasteiger partial charge in [-0.05, 0) is 18.4 Å². The van der Waals surface area contributed by atoms with E-state index in [2.05, 4.69) is 15.8 Å². The number of anilines is 1. The highest BCUT2D eigenvalue weighted by atomic mass is 32.1. The average Bonchev–Trinajstić information content (AvgIpc) is 3.16. The van der Waals surface area contributed by atoms with Crippen molar-refractivity contribution in [2.45, 2.75) is 6.92 Å². The van der Waals surface area contributed by atoms with E-state index in [1.54, 1.807) is 30.5 Å². The molecule has 2 rings (SSSR count). The zero-order valence-corrected chi connectivity index (χ0v) is 13.5. The molecule has 0 saturated carbocycles. The van der Waals surface area contributed by atoms with Gasteiger partial charge in [-0.1, -0.05) is 11.2 Å². The Balaban J connectivity index is 1.76. The zero-order valence-electron chi connectivity index (χ0n) is 12.7. The van der Waals surface area contributed by atoms with E-state index in [1.807, 2.05) is 0 Å². The topological polar surface area (TPSA) is 105 Å². The number of aryl methyl sites for hydroxylation is 1. The van der Waals surface area contributed by atoms with E-state index in [9.17, 15) is 14.4 Å². The first-order valence-electron chi connectivity index (χ1n) is 6.74. The predicted octanol–water partition coefficient (Wildman–Crippen LogP) is 0.871. The van der Waals surface area contributed by atoms with Gasteiger partial charge in [0.15, 0.2) is 5.82 Å². The smallest absolute Gasteiger partial charge is 0.261 e. The van der Waals surface area contributed by atoms with Gasteiger partial charge in [0.2, 0.25) is 11.8 Å². The van der Waals surface area contributed by atoms with Crippen LogP contribution in [0.5, 0.6) is 0 Å². The van der Waals surface area contributed by atoms with Crippen LogP contribution < -0.4 is 10.6 Å². The van der Waals surface area contributed by atoms with Crippen molar-refractivity contribution in [2.24, 2.45) is 0 Å². The maximum atomic E-state index is 11.9. The number of thiophene rings is 1. The molecule has 0 bridgehead atoms. The predicted molar refractivity (Wildman–Crippen MR) is 84.2 cm³/mol. The van der Waals surface area contributed by atoms with E-state index in [0.29, 0.717) is 16.5 Å². The molecule has 0 saturated heterocycles. The minimum Gasteiger partial charge on any atom is -0.360 e. The van der Waals surface area contributed by atoms with Gasteiger partial charge in [-0.3, -0.25) is 14.4 Å². The van der Waals surface area contributed by atoms with Crippen LogP contribution in [-0.2, 0) is 9.59 Å². The Kier molecular flexibility index (Phi) is 5.47. The van der Waals surface area contributed by atoms with Gasteiger partial charge in [0.1, 0.15) is 5.76 Å². The summed E-state index contributed by atoms with van der Waals surface area (Å²) in [6.07, 6.45) is 0. The standard InChI is InChI=1S/C14H16N4O4S/c1-9-6-11(17-22-9)16-12(19)8-18(2)13(20)7-15-14(21)10-4-3-5-23-10/h3-6H,7-8H2,1-2H3,(H,15,21)(H,16,17,19). The van der Waals surface area contributed by atoms with Gasteiger partial charge in [-0.25, -0.2) is 0 Å². The molecule has 0 unspecified atom stereocenters. The maximum Gasteiger partial charge on any atom is 0.261 e. The molecule has 9 heteroatoms. The average molecular weight is 336 g/mol. The number of carbonyl (C=O) groups is 3. The molecule has 3 amide bonds. The van der Waals surface area contributed by atoms with Crippen LogP contribution in [0.25, 0.3) is 0 Å². The molecular formula is C14H16N4O4S. The van der Waals surface area contributed by atoms with Crippen molar-refractivity contribution in [3.05, 3.63) is 34.2 Å². The van der Waals surface area contributed by atoms with Crippen LogP contribution in [0.1, 0.15) is 15.4 Å². The zero-order chi connectivity index (χ0) is 16.8. The van der Waals surface area contributed by atoms with Crippen LogP contribution >= 0.6 is 11.3 Å². The lowest BCUT2D eigenvalue weighted by molar-refractivity contribution is -0.132. The van der Waals surface area contributed by atoms with Crippen molar-refractivity contribution < 1.29 is 18.9 Å².